The van der Waals surface area contributed by atoms with Gasteiger partial charge >= 0.3 is 0 Å². The van der Waals surface area contributed by atoms with Gasteiger partial charge in [-0.2, -0.15) is 0 Å². The minimum Gasteiger partial charge on any atom is -0.377 e. The lowest BCUT2D eigenvalue weighted by Crippen LogP contribution is -2.44. The lowest BCUT2D eigenvalue weighted by atomic mass is 9.97. The molecule has 1 unspecified atom stereocenters. The van der Waals surface area contributed by atoms with Gasteiger partial charge in [0.15, 0.2) is 0 Å². The number of terminal acetylenes is 1. The first-order valence-electron chi connectivity index (χ1n) is 3.28. The molecule has 1 atom stereocenters. The van der Waals surface area contributed by atoms with Gasteiger partial charge in [-0.3, -0.25) is 0 Å². The van der Waals surface area contributed by atoms with Gasteiger partial charge in [0, 0.05) is 19.6 Å². The molecule has 0 aliphatic carbocycles. The van der Waals surface area contributed by atoms with Crippen molar-refractivity contribution in [3.63, 3.8) is 0 Å². The Kier molecular flexibility index (Phi) is 3.41. The number of nitrogens with two attached hydrogens (primary N) is 1. The van der Waals surface area contributed by atoms with Gasteiger partial charge in [-0.25, -0.2) is 0 Å². The molecule has 10 heavy (non-hydrogen) atoms. The standard InChI is InChI=1S/C8H15NO/c1-5-6-7(9)8(2,3)10-4/h1,7H,6,9H2,2-4H3. The molecular formula is C8H15NO. The molecule has 58 valence electrons. The van der Waals surface area contributed by atoms with Gasteiger partial charge < -0.3 is 10.5 Å². The van der Waals surface area contributed by atoms with E-state index in [9.17, 15) is 0 Å². The van der Waals surface area contributed by atoms with Crippen molar-refractivity contribution < 1.29 is 4.74 Å². The minimum absolute atomic E-state index is 0.0810. The van der Waals surface area contributed by atoms with Crippen molar-refractivity contribution in [1.82, 2.24) is 0 Å². The van der Waals surface area contributed by atoms with Crippen molar-refractivity contribution in [3.8, 4) is 12.3 Å². The number of methoxy groups -OCH3 is 1. The molecule has 0 bridgehead atoms. The Hall–Kier alpha value is -0.520. The zero-order chi connectivity index (χ0) is 8.20. The van der Waals surface area contributed by atoms with Crippen LogP contribution < -0.4 is 5.73 Å². The second-order valence-corrected chi connectivity index (χ2v) is 2.82. The minimum atomic E-state index is -0.313. The highest BCUT2D eigenvalue weighted by Gasteiger charge is 2.24. The zero-order valence-corrected chi connectivity index (χ0v) is 6.85. The van der Waals surface area contributed by atoms with Gasteiger partial charge in [-0.1, -0.05) is 0 Å². The van der Waals surface area contributed by atoms with Crippen LogP contribution in [-0.4, -0.2) is 18.8 Å². The predicted molar refractivity (Wildman–Crippen MR) is 42.5 cm³/mol. The van der Waals surface area contributed by atoms with Crippen LogP contribution in [0, 0.1) is 12.3 Å². The molecule has 0 saturated heterocycles. The Bertz CT molecular complexity index is 135. The molecule has 0 spiro atoms. The van der Waals surface area contributed by atoms with Crippen molar-refractivity contribution in [2.24, 2.45) is 5.73 Å². The summed E-state index contributed by atoms with van der Waals surface area (Å²) >= 11 is 0. The normalized spacial score (nSPS) is 14.3. The molecule has 0 aliphatic heterocycles. The third kappa shape index (κ3) is 2.38. The largest absolute Gasteiger partial charge is 0.377 e. The summed E-state index contributed by atoms with van der Waals surface area (Å²) in [6.45, 7) is 3.85. The Morgan fingerprint density at radius 2 is 2.20 bits per heavy atom. The molecule has 0 saturated carbocycles. The molecular weight excluding hydrogens is 126 g/mol. The van der Waals surface area contributed by atoms with E-state index in [2.05, 4.69) is 5.92 Å². The quantitative estimate of drug-likeness (QED) is 0.589. The molecule has 0 amide bonds. The van der Waals surface area contributed by atoms with Gasteiger partial charge in [0.05, 0.1) is 5.60 Å². The molecule has 0 aliphatic rings. The van der Waals surface area contributed by atoms with Crippen LogP contribution in [0.1, 0.15) is 20.3 Å². The fourth-order valence-corrected chi connectivity index (χ4v) is 0.524. The van der Waals surface area contributed by atoms with Gasteiger partial charge in [-0.15, -0.1) is 12.3 Å². The Labute approximate surface area is 62.7 Å². The second-order valence-electron chi connectivity index (χ2n) is 2.82. The van der Waals surface area contributed by atoms with E-state index in [-0.39, 0.29) is 11.6 Å². The van der Waals surface area contributed by atoms with Crippen molar-refractivity contribution in [2.45, 2.75) is 31.9 Å². The van der Waals surface area contributed by atoms with E-state index in [0.29, 0.717) is 6.42 Å². The SMILES string of the molecule is C#CCC(N)C(C)(C)OC. The third-order valence-corrected chi connectivity index (χ3v) is 1.76. The molecule has 0 fully saturated rings. The van der Waals surface area contributed by atoms with Crippen LogP contribution in [0.25, 0.3) is 0 Å². The first-order valence-corrected chi connectivity index (χ1v) is 3.28. The average molecular weight is 141 g/mol. The van der Waals surface area contributed by atoms with Crippen LogP contribution in [0.5, 0.6) is 0 Å². The maximum Gasteiger partial charge on any atom is 0.0782 e. The molecule has 2 N–H and O–H groups in total. The molecule has 0 aromatic carbocycles. The summed E-state index contributed by atoms with van der Waals surface area (Å²) in [4.78, 5) is 0. The maximum atomic E-state index is 5.70. The van der Waals surface area contributed by atoms with Crippen molar-refractivity contribution in [1.29, 1.82) is 0 Å². The average Bonchev–Trinajstić information content (AvgIpc) is 1.89. The lowest BCUT2D eigenvalue weighted by molar-refractivity contribution is 0.00201. The van der Waals surface area contributed by atoms with Gasteiger partial charge in [0.2, 0.25) is 0 Å². The monoisotopic (exact) mass is 141 g/mol. The third-order valence-electron chi connectivity index (χ3n) is 1.76. The van der Waals surface area contributed by atoms with Crippen molar-refractivity contribution in [2.75, 3.05) is 7.11 Å². The van der Waals surface area contributed by atoms with E-state index in [1.165, 1.54) is 0 Å². The lowest BCUT2D eigenvalue weighted by Gasteiger charge is -2.28. The highest BCUT2D eigenvalue weighted by molar-refractivity contribution is 4.95. The van der Waals surface area contributed by atoms with Gasteiger partial charge in [-0.05, 0) is 13.8 Å². The van der Waals surface area contributed by atoms with Crippen LogP contribution in [0.15, 0.2) is 0 Å². The van der Waals surface area contributed by atoms with E-state index in [1.54, 1.807) is 7.11 Å². The van der Waals surface area contributed by atoms with Crippen LogP contribution in [-0.2, 0) is 4.74 Å². The molecule has 0 aromatic rings. The zero-order valence-electron chi connectivity index (χ0n) is 6.85. The highest BCUT2D eigenvalue weighted by Crippen LogP contribution is 2.13. The Balaban J connectivity index is 3.93. The van der Waals surface area contributed by atoms with E-state index in [0.717, 1.165) is 0 Å². The summed E-state index contributed by atoms with van der Waals surface area (Å²) in [5.41, 5.74) is 5.39. The summed E-state index contributed by atoms with van der Waals surface area (Å²) in [6, 6.07) is -0.0810. The summed E-state index contributed by atoms with van der Waals surface area (Å²) in [7, 11) is 1.64. The maximum absolute atomic E-state index is 5.70. The molecule has 2 nitrogen and oxygen atoms in total. The predicted octanol–water partition coefficient (Wildman–Crippen LogP) is 0.762. The first kappa shape index (κ1) is 9.48. The van der Waals surface area contributed by atoms with Crippen molar-refractivity contribution >= 4 is 0 Å². The van der Waals surface area contributed by atoms with E-state index in [1.807, 2.05) is 13.8 Å². The fourth-order valence-electron chi connectivity index (χ4n) is 0.524. The van der Waals surface area contributed by atoms with Crippen LogP contribution in [0.3, 0.4) is 0 Å². The number of rotatable bonds is 3. The van der Waals surface area contributed by atoms with Crippen LogP contribution in [0.2, 0.25) is 0 Å². The topological polar surface area (TPSA) is 35.2 Å². The number of ether oxygens (including phenoxy) is 1. The van der Waals surface area contributed by atoms with E-state index < -0.39 is 0 Å². The summed E-state index contributed by atoms with van der Waals surface area (Å²) < 4.78 is 5.13. The van der Waals surface area contributed by atoms with Crippen LogP contribution in [0.4, 0.5) is 0 Å². The van der Waals surface area contributed by atoms with Crippen molar-refractivity contribution in [3.05, 3.63) is 0 Å². The van der Waals surface area contributed by atoms with E-state index in [4.69, 9.17) is 16.9 Å². The summed E-state index contributed by atoms with van der Waals surface area (Å²) in [5, 5.41) is 0. The second kappa shape index (κ2) is 3.60. The van der Waals surface area contributed by atoms with E-state index >= 15 is 0 Å². The molecule has 2 heteroatoms. The summed E-state index contributed by atoms with van der Waals surface area (Å²) in [5.74, 6) is 2.50. The molecule has 0 aromatic heterocycles. The molecule has 0 radical (unpaired) electrons. The summed E-state index contributed by atoms with van der Waals surface area (Å²) in [6.07, 6.45) is 5.65. The Morgan fingerprint density at radius 3 is 2.50 bits per heavy atom. The van der Waals surface area contributed by atoms with Gasteiger partial charge in [0.25, 0.3) is 0 Å². The van der Waals surface area contributed by atoms with Gasteiger partial charge in [0.1, 0.15) is 0 Å². The number of hydrogen-bond acceptors (Lipinski definition) is 2. The Morgan fingerprint density at radius 1 is 1.70 bits per heavy atom. The molecule has 0 heterocycles. The highest BCUT2D eigenvalue weighted by atomic mass is 16.5. The smallest absolute Gasteiger partial charge is 0.0782 e. The fraction of sp³-hybridized carbons (Fsp3) is 0.750. The molecule has 0 rings (SSSR count). The number of hydrogen-bond donors (Lipinski definition) is 1. The van der Waals surface area contributed by atoms with Crippen LogP contribution >= 0.6 is 0 Å². The first-order chi connectivity index (χ1) is 4.54.